The summed E-state index contributed by atoms with van der Waals surface area (Å²) < 4.78 is 26.7. The molecule has 0 aliphatic rings. The van der Waals surface area contributed by atoms with Crippen molar-refractivity contribution in [3.8, 4) is 11.5 Å². The number of ether oxygens (including phenoxy) is 2. The Morgan fingerprint density at radius 3 is 2.62 bits per heavy atom. The molecule has 0 radical (unpaired) electrons. The zero-order chi connectivity index (χ0) is 22.5. The van der Waals surface area contributed by atoms with Crippen molar-refractivity contribution in [3.05, 3.63) is 95.4 Å². The Kier molecular flexibility index (Phi) is 6.17. The number of para-hydroxylation sites is 1. The van der Waals surface area contributed by atoms with Crippen molar-refractivity contribution in [2.24, 2.45) is 12.1 Å². The van der Waals surface area contributed by atoms with E-state index >= 15 is 0 Å². The normalized spacial score (nSPS) is 11.1. The average Bonchev–Trinajstić information content (AvgIpc) is 3.15. The third kappa shape index (κ3) is 4.46. The Bertz CT molecular complexity index is 1300. The van der Waals surface area contributed by atoms with Gasteiger partial charge in [-0.1, -0.05) is 36.4 Å². The number of aryl methyl sites for hydroxylation is 1. The molecule has 1 heterocycles. The van der Waals surface area contributed by atoms with Gasteiger partial charge in [0.2, 0.25) is 0 Å². The van der Waals surface area contributed by atoms with Gasteiger partial charge in [0.05, 0.1) is 13.3 Å². The Labute approximate surface area is 184 Å². The van der Waals surface area contributed by atoms with Crippen molar-refractivity contribution in [2.75, 3.05) is 7.11 Å². The first kappa shape index (κ1) is 21.1. The zero-order valence-corrected chi connectivity index (χ0v) is 17.7. The minimum atomic E-state index is -0.322. The molecule has 0 saturated carbocycles. The molecule has 3 aromatic carbocycles. The molecule has 6 nitrogen and oxygen atoms in total. The van der Waals surface area contributed by atoms with Gasteiger partial charge >= 0.3 is 0 Å². The Balaban J connectivity index is 1.43. The molecule has 0 fully saturated rings. The summed E-state index contributed by atoms with van der Waals surface area (Å²) in [5.41, 5.74) is 5.19. The van der Waals surface area contributed by atoms with Gasteiger partial charge in [-0.15, -0.1) is 0 Å². The lowest BCUT2D eigenvalue weighted by molar-refractivity contribution is 0.0947. The molecule has 0 saturated heterocycles. The third-order valence-corrected chi connectivity index (χ3v) is 5.09. The highest BCUT2D eigenvalue weighted by Gasteiger charge is 2.12. The molecular formula is C25H22FN3O3. The number of fused-ring (bicyclic) bond motifs is 1. The molecule has 1 aromatic heterocycles. The van der Waals surface area contributed by atoms with E-state index in [1.54, 1.807) is 36.4 Å². The minimum absolute atomic E-state index is 0.0809. The maximum absolute atomic E-state index is 13.8. The first-order chi connectivity index (χ1) is 15.6. The maximum Gasteiger partial charge on any atom is 0.287 e. The summed E-state index contributed by atoms with van der Waals surface area (Å²) in [7, 11) is 3.36. The van der Waals surface area contributed by atoms with Crippen LogP contribution in [0, 0.1) is 5.82 Å². The maximum atomic E-state index is 13.8. The highest BCUT2D eigenvalue weighted by Crippen LogP contribution is 2.28. The second-order valence-corrected chi connectivity index (χ2v) is 7.14. The summed E-state index contributed by atoms with van der Waals surface area (Å²) in [6, 6.07) is 21.3. The molecule has 162 valence electrons. The van der Waals surface area contributed by atoms with Crippen LogP contribution in [0.3, 0.4) is 0 Å². The summed E-state index contributed by atoms with van der Waals surface area (Å²) in [5, 5.41) is 5.04. The van der Waals surface area contributed by atoms with Gasteiger partial charge < -0.3 is 14.0 Å². The van der Waals surface area contributed by atoms with Crippen LogP contribution >= 0.6 is 0 Å². The summed E-state index contributed by atoms with van der Waals surface area (Å²) in [4.78, 5) is 12.5. The molecule has 4 aromatic rings. The molecule has 1 amide bonds. The molecule has 1 N–H and O–H groups in total. The Morgan fingerprint density at radius 1 is 1.06 bits per heavy atom. The topological polar surface area (TPSA) is 64.8 Å². The van der Waals surface area contributed by atoms with Gasteiger partial charge in [0.15, 0.2) is 11.5 Å². The van der Waals surface area contributed by atoms with Crippen LogP contribution in [0.25, 0.3) is 10.9 Å². The number of halogens is 1. The largest absolute Gasteiger partial charge is 0.493 e. The molecule has 0 spiro atoms. The number of rotatable bonds is 7. The summed E-state index contributed by atoms with van der Waals surface area (Å²) >= 11 is 0. The first-order valence-electron chi connectivity index (χ1n) is 9.99. The molecule has 0 unspecified atom stereocenters. The van der Waals surface area contributed by atoms with Crippen molar-refractivity contribution in [1.29, 1.82) is 0 Å². The molecule has 7 heteroatoms. The van der Waals surface area contributed by atoms with E-state index in [1.165, 1.54) is 19.4 Å². The number of nitrogens with one attached hydrogen (secondary N) is 1. The van der Waals surface area contributed by atoms with Crippen molar-refractivity contribution in [3.63, 3.8) is 0 Å². The third-order valence-electron chi connectivity index (χ3n) is 5.09. The van der Waals surface area contributed by atoms with E-state index in [0.29, 0.717) is 28.3 Å². The molecule has 4 rings (SSSR count). The van der Waals surface area contributed by atoms with Gasteiger partial charge in [0, 0.05) is 23.5 Å². The number of hydrogen-bond acceptors (Lipinski definition) is 4. The Morgan fingerprint density at radius 2 is 1.84 bits per heavy atom. The highest BCUT2D eigenvalue weighted by atomic mass is 19.1. The van der Waals surface area contributed by atoms with E-state index in [9.17, 15) is 9.18 Å². The van der Waals surface area contributed by atoms with Crippen LogP contribution in [-0.4, -0.2) is 23.8 Å². The smallest absolute Gasteiger partial charge is 0.287 e. The number of benzene rings is 3. The number of carbonyl (C=O) groups is 1. The predicted molar refractivity (Wildman–Crippen MR) is 122 cm³/mol. The number of carbonyl (C=O) groups excluding carboxylic acids is 1. The lowest BCUT2D eigenvalue weighted by Crippen LogP contribution is -2.20. The van der Waals surface area contributed by atoms with Gasteiger partial charge in [0.25, 0.3) is 5.91 Å². The number of aromatic nitrogens is 1. The van der Waals surface area contributed by atoms with Crippen molar-refractivity contribution in [2.45, 2.75) is 6.61 Å². The second kappa shape index (κ2) is 9.34. The lowest BCUT2D eigenvalue weighted by atomic mass is 10.2. The molecule has 0 bridgehead atoms. The zero-order valence-electron chi connectivity index (χ0n) is 17.7. The minimum Gasteiger partial charge on any atom is -0.493 e. The van der Waals surface area contributed by atoms with E-state index in [2.05, 4.69) is 10.5 Å². The standard InChI is InChI=1S/C25H22FN3O3/c1-29-21-10-6-4-7-18(21)14-22(29)25(30)28-27-15-17-11-12-23(24(13-17)31-2)32-16-19-8-3-5-9-20(19)26/h3-15H,16H2,1-2H3,(H,28,30)/b27-15+. The van der Waals surface area contributed by atoms with E-state index in [0.717, 1.165) is 10.9 Å². The van der Waals surface area contributed by atoms with E-state index in [4.69, 9.17) is 9.47 Å². The van der Waals surface area contributed by atoms with Crippen molar-refractivity contribution < 1.29 is 18.7 Å². The number of hydrazone groups is 1. The number of hydrogen-bond donors (Lipinski definition) is 1. The molecule has 0 atom stereocenters. The molecule has 0 aliphatic heterocycles. The van der Waals surface area contributed by atoms with Gasteiger partial charge in [-0.2, -0.15) is 5.10 Å². The average molecular weight is 431 g/mol. The monoisotopic (exact) mass is 431 g/mol. The molecule has 32 heavy (non-hydrogen) atoms. The number of nitrogens with zero attached hydrogens (tertiary/aromatic N) is 2. The SMILES string of the molecule is COc1cc(/C=N/NC(=O)c2cc3ccccc3n2C)ccc1OCc1ccccc1F. The van der Waals surface area contributed by atoms with Crippen LogP contribution in [0.4, 0.5) is 4.39 Å². The predicted octanol–water partition coefficient (Wildman–Crippen LogP) is 4.67. The van der Waals surface area contributed by atoms with Crippen molar-refractivity contribution in [1.82, 2.24) is 9.99 Å². The van der Waals surface area contributed by atoms with Crippen LogP contribution in [0.2, 0.25) is 0 Å². The fraction of sp³-hybridized carbons (Fsp3) is 0.120. The lowest BCUT2D eigenvalue weighted by Gasteiger charge is -2.11. The fourth-order valence-corrected chi connectivity index (χ4v) is 3.38. The number of amides is 1. The van der Waals surface area contributed by atoms with Crippen LogP contribution < -0.4 is 14.9 Å². The molecule has 0 aliphatic carbocycles. The fourth-order valence-electron chi connectivity index (χ4n) is 3.38. The second-order valence-electron chi connectivity index (χ2n) is 7.14. The van der Waals surface area contributed by atoms with Gasteiger partial charge in [-0.05, 0) is 42.0 Å². The van der Waals surface area contributed by atoms with Crippen LogP contribution in [0.1, 0.15) is 21.6 Å². The van der Waals surface area contributed by atoms with E-state index in [-0.39, 0.29) is 18.3 Å². The first-order valence-corrected chi connectivity index (χ1v) is 9.99. The quantitative estimate of drug-likeness (QED) is 0.342. The summed E-state index contributed by atoms with van der Waals surface area (Å²) in [5.74, 6) is 0.326. The highest BCUT2D eigenvalue weighted by molar-refractivity contribution is 5.99. The van der Waals surface area contributed by atoms with Crippen LogP contribution in [0.5, 0.6) is 11.5 Å². The number of methoxy groups -OCH3 is 1. The van der Waals surface area contributed by atoms with Crippen LogP contribution in [0.15, 0.2) is 77.9 Å². The molecular weight excluding hydrogens is 409 g/mol. The Hall–Kier alpha value is -4.13. The summed E-state index contributed by atoms with van der Waals surface area (Å²) in [6.45, 7) is 0.0809. The van der Waals surface area contributed by atoms with Gasteiger partial charge in [0.1, 0.15) is 18.1 Å². The van der Waals surface area contributed by atoms with Crippen molar-refractivity contribution >= 4 is 23.0 Å². The van der Waals surface area contributed by atoms with Gasteiger partial charge in [-0.3, -0.25) is 4.79 Å². The summed E-state index contributed by atoms with van der Waals surface area (Å²) in [6.07, 6.45) is 1.52. The van der Waals surface area contributed by atoms with E-state index in [1.807, 2.05) is 41.9 Å². The van der Waals surface area contributed by atoms with Crippen LogP contribution in [-0.2, 0) is 13.7 Å². The van der Waals surface area contributed by atoms with E-state index < -0.39 is 0 Å². The van der Waals surface area contributed by atoms with Gasteiger partial charge in [-0.25, -0.2) is 9.82 Å².